The molecule has 0 bridgehead atoms. The smallest absolute Gasteiger partial charge is 0.308 e. The van der Waals surface area contributed by atoms with Crippen molar-refractivity contribution in [3.05, 3.63) is 0 Å². The third kappa shape index (κ3) is 19.3. The van der Waals surface area contributed by atoms with Crippen molar-refractivity contribution in [2.45, 2.75) is 46.0 Å². The molecule has 0 aliphatic heterocycles. The molecule has 23 heavy (non-hydrogen) atoms. The van der Waals surface area contributed by atoms with Crippen molar-refractivity contribution >= 4 is 5.97 Å². The summed E-state index contributed by atoms with van der Waals surface area (Å²) in [7, 11) is 0. The van der Waals surface area contributed by atoms with Crippen LogP contribution >= 0.6 is 0 Å². The minimum atomic E-state index is -0.227. The average Bonchev–Trinajstić information content (AvgIpc) is 2.54. The summed E-state index contributed by atoms with van der Waals surface area (Å²) < 4.78 is 26.3. The molecule has 0 aromatic heterocycles. The van der Waals surface area contributed by atoms with E-state index >= 15 is 0 Å². The highest BCUT2D eigenvalue weighted by Gasteiger charge is 2.00. The quantitative estimate of drug-likeness (QED) is 0.284. The summed E-state index contributed by atoms with van der Waals surface area (Å²) in [6.45, 7) is 8.90. The Balaban J connectivity index is 3.01. The van der Waals surface area contributed by atoms with Gasteiger partial charge in [-0.1, -0.05) is 26.2 Å². The van der Waals surface area contributed by atoms with Gasteiger partial charge in [-0.05, 0) is 13.3 Å². The molecule has 0 aliphatic rings. The highest BCUT2D eigenvalue weighted by molar-refractivity contribution is 5.69. The highest BCUT2D eigenvalue weighted by atomic mass is 16.6. The Kier molecular flexibility index (Phi) is 18.8. The van der Waals surface area contributed by atoms with Crippen LogP contribution in [-0.4, -0.2) is 65.4 Å². The molecule has 0 fully saturated rings. The van der Waals surface area contributed by atoms with Gasteiger partial charge in [-0.2, -0.15) is 0 Å². The second-order valence-electron chi connectivity index (χ2n) is 5.07. The van der Waals surface area contributed by atoms with E-state index in [9.17, 15) is 4.79 Å². The van der Waals surface area contributed by atoms with Gasteiger partial charge < -0.3 is 23.7 Å². The molecule has 0 heterocycles. The average molecular weight is 334 g/mol. The standard InChI is InChI=1S/C17H34O6/c1-3-5-6-7-9-19-11-13-21-15-16-22-14-12-20-10-8-17(18)23-4-2/h3-16H2,1-2H3. The number of rotatable bonds is 18. The number of unbranched alkanes of at least 4 members (excludes halogenated alkanes) is 3. The number of carbonyl (C=O) groups excluding carboxylic acids is 1. The fourth-order valence-electron chi connectivity index (χ4n) is 1.78. The predicted molar refractivity (Wildman–Crippen MR) is 88.7 cm³/mol. The maximum atomic E-state index is 11.0. The van der Waals surface area contributed by atoms with E-state index in [1.54, 1.807) is 6.92 Å². The maximum absolute atomic E-state index is 11.0. The topological polar surface area (TPSA) is 63.2 Å². The van der Waals surface area contributed by atoms with Gasteiger partial charge in [0.15, 0.2) is 0 Å². The van der Waals surface area contributed by atoms with Crippen LogP contribution in [0.3, 0.4) is 0 Å². The van der Waals surface area contributed by atoms with Crippen molar-refractivity contribution < 1.29 is 28.5 Å². The third-order valence-electron chi connectivity index (χ3n) is 3.01. The van der Waals surface area contributed by atoms with Gasteiger partial charge >= 0.3 is 5.97 Å². The minimum absolute atomic E-state index is 0.227. The van der Waals surface area contributed by atoms with E-state index in [2.05, 4.69) is 6.92 Å². The lowest BCUT2D eigenvalue weighted by molar-refractivity contribution is -0.144. The van der Waals surface area contributed by atoms with Gasteiger partial charge in [0, 0.05) is 6.61 Å². The first kappa shape index (κ1) is 22.3. The van der Waals surface area contributed by atoms with E-state index in [1.807, 2.05) is 0 Å². The molecule has 0 radical (unpaired) electrons. The zero-order valence-corrected chi connectivity index (χ0v) is 14.8. The predicted octanol–water partition coefficient (Wildman–Crippen LogP) is 2.59. The Hall–Kier alpha value is -0.690. The van der Waals surface area contributed by atoms with Gasteiger partial charge in [0.1, 0.15) is 0 Å². The molecule has 0 spiro atoms. The molecule has 0 rings (SSSR count). The van der Waals surface area contributed by atoms with Gasteiger partial charge in [0.2, 0.25) is 0 Å². The van der Waals surface area contributed by atoms with Crippen molar-refractivity contribution in [2.75, 3.05) is 59.5 Å². The lowest BCUT2D eigenvalue weighted by atomic mass is 10.2. The van der Waals surface area contributed by atoms with Crippen molar-refractivity contribution in [2.24, 2.45) is 0 Å². The lowest BCUT2D eigenvalue weighted by Gasteiger charge is -2.07. The largest absolute Gasteiger partial charge is 0.466 e. The van der Waals surface area contributed by atoms with Crippen LogP contribution in [0.5, 0.6) is 0 Å². The SMILES string of the molecule is CCCCCCOCCOCCOCCOCCC(=O)OCC. The van der Waals surface area contributed by atoms with Gasteiger partial charge in [-0.3, -0.25) is 4.79 Å². The molecule has 6 nitrogen and oxygen atoms in total. The molecule has 0 saturated heterocycles. The van der Waals surface area contributed by atoms with Crippen molar-refractivity contribution in [3.63, 3.8) is 0 Å². The van der Waals surface area contributed by atoms with E-state index in [0.29, 0.717) is 52.9 Å². The Bertz CT molecular complexity index is 247. The summed E-state index contributed by atoms with van der Waals surface area (Å²) in [6.07, 6.45) is 5.19. The molecule has 0 saturated carbocycles. The first-order valence-electron chi connectivity index (χ1n) is 8.77. The zero-order chi connectivity index (χ0) is 17.0. The van der Waals surface area contributed by atoms with Crippen LogP contribution in [0.1, 0.15) is 46.0 Å². The summed E-state index contributed by atoms with van der Waals surface area (Å²) in [5.41, 5.74) is 0. The van der Waals surface area contributed by atoms with Crippen LogP contribution in [0, 0.1) is 0 Å². The van der Waals surface area contributed by atoms with Crippen LogP contribution in [0.4, 0.5) is 0 Å². The van der Waals surface area contributed by atoms with Crippen molar-refractivity contribution in [1.29, 1.82) is 0 Å². The third-order valence-corrected chi connectivity index (χ3v) is 3.01. The molecule has 0 N–H and O–H groups in total. The Morgan fingerprint density at radius 2 is 1.17 bits per heavy atom. The number of carbonyl (C=O) groups is 1. The van der Waals surface area contributed by atoms with Crippen LogP contribution in [0.25, 0.3) is 0 Å². The molecule has 0 unspecified atom stereocenters. The number of esters is 1. The van der Waals surface area contributed by atoms with E-state index in [-0.39, 0.29) is 12.4 Å². The second-order valence-corrected chi connectivity index (χ2v) is 5.07. The van der Waals surface area contributed by atoms with Gasteiger partial charge in [0.25, 0.3) is 0 Å². The Labute approximate surface area is 140 Å². The molecular weight excluding hydrogens is 300 g/mol. The molecule has 0 aliphatic carbocycles. The minimum Gasteiger partial charge on any atom is -0.466 e. The molecule has 6 heteroatoms. The van der Waals surface area contributed by atoms with Gasteiger partial charge in [-0.15, -0.1) is 0 Å². The van der Waals surface area contributed by atoms with Crippen LogP contribution in [0.15, 0.2) is 0 Å². The molecule has 0 aromatic carbocycles. The molecule has 0 aromatic rings. The Morgan fingerprint density at radius 3 is 1.70 bits per heavy atom. The van der Waals surface area contributed by atoms with Crippen molar-refractivity contribution in [3.8, 4) is 0 Å². The summed E-state index contributed by atoms with van der Waals surface area (Å²) in [5, 5.41) is 0. The fraction of sp³-hybridized carbons (Fsp3) is 0.941. The van der Waals surface area contributed by atoms with Gasteiger partial charge in [0.05, 0.1) is 59.3 Å². The summed E-state index contributed by atoms with van der Waals surface area (Å²) in [6, 6.07) is 0. The maximum Gasteiger partial charge on any atom is 0.308 e. The van der Waals surface area contributed by atoms with E-state index in [0.717, 1.165) is 13.0 Å². The zero-order valence-electron chi connectivity index (χ0n) is 14.8. The number of ether oxygens (including phenoxy) is 5. The molecule has 0 amide bonds. The summed E-state index contributed by atoms with van der Waals surface area (Å²) >= 11 is 0. The van der Waals surface area contributed by atoms with Crippen LogP contribution < -0.4 is 0 Å². The monoisotopic (exact) mass is 334 g/mol. The number of hydrogen-bond donors (Lipinski definition) is 0. The fourth-order valence-corrected chi connectivity index (χ4v) is 1.78. The highest BCUT2D eigenvalue weighted by Crippen LogP contribution is 1.98. The summed E-state index contributed by atoms with van der Waals surface area (Å²) in [5.74, 6) is -0.227. The molecular formula is C17H34O6. The first-order valence-corrected chi connectivity index (χ1v) is 8.77. The first-order chi connectivity index (χ1) is 11.3. The molecule has 0 atom stereocenters. The van der Waals surface area contributed by atoms with E-state index < -0.39 is 0 Å². The van der Waals surface area contributed by atoms with Crippen molar-refractivity contribution in [1.82, 2.24) is 0 Å². The van der Waals surface area contributed by atoms with Crippen LogP contribution in [-0.2, 0) is 28.5 Å². The normalized spacial score (nSPS) is 10.9. The second kappa shape index (κ2) is 19.4. The van der Waals surface area contributed by atoms with Crippen LogP contribution in [0.2, 0.25) is 0 Å². The summed E-state index contributed by atoms with van der Waals surface area (Å²) in [4.78, 5) is 11.0. The Morgan fingerprint density at radius 1 is 0.652 bits per heavy atom. The number of hydrogen-bond acceptors (Lipinski definition) is 6. The lowest BCUT2D eigenvalue weighted by Crippen LogP contribution is -2.13. The van der Waals surface area contributed by atoms with Gasteiger partial charge in [-0.25, -0.2) is 0 Å². The molecule has 138 valence electrons. The van der Waals surface area contributed by atoms with E-state index in [4.69, 9.17) is 23.7 Å². The van der Waals surface area contributed by atoms with E-state index in [1.165, 1.54) is 19.3 Å².